The summed E-state index contributed by atoms with van der Waals surface area (Å²) < 4.78 is 0. The van der Waals surface area contributed by atoms with Crippen LogP contribution in [-0.4, -0.2) is 5.78 Å². The van der Waals surface area contributed by atoms with Crippen LogP contribution < -0.4 is 16.5 Å². The number of rotatable bonds is 2. The molecule has 0 aliphatic rings. The minimum Gasteiger partial charge on any atom is -0.693 e. The SMILES string of the molecule is Nc1cc(N)cc(C(=O)c2ccc[n-]2)c1.[CH3-].[Ir+3].[NH2-]. The minimum atomic E-state index is -0.168. The number of ketones is 1. The van der Waals surface area contributed by atoms with E-state index in [1.54, 1.807) is 36.5 Å². The van der Waals surface area contributed by atoms with E-state index in [1.165, 1.54) is 0 Å². The summed E-state index contributed by atoms with van der Waals surface area (Å²) in [5.41, 5.74) is 13.0. The van der Waals surface area contributed by atoms with E-state index < -0.39 is 0 Å². The molecule has 5 nitrogen and oxygen atoms in total. The van der Waals surface area contributed by atoms with Crippen LogP contribution in [0, 0.1) is 7.43 Å². The normalized spacial score (nSPS) is 8.44. The van der Waals surface area contributed by atoms with Crippen molar-refractivity contribution >= 4 is 17.2 Å². The van der Waals surface area contributed by atoms with E-state index in [2.05, 4.69) is 4.98 Å². The molecule has 18 heavy (non-hydrogen) atoms. The van der Waals surface area contributed by atoms with Crippen LogP contribution in [0.15, 0.2) is 36.5 Å². The monoisotopic (exact) mass is 424 g/mol. The molecule has 0 radical (unpaired) electrons. The summed E-state index contributed by atoms with van der Waals surface area (Å²) in [7, 11) is 0. The van der Waals surface area contributed by atoms with Crippen LogP contribution >= 0.6 is 0 Å². The number of nitrogen functional groups attached to an aromatic ring is 2. The molecular formula is C12H15IrN4O. The van der Waals surface area contributed by atoms with Gasteiger partial charge in [0.1, 0.15) is 0 Å². The number of aromatic nitrogens is 1. The van der Waals surface area contributed by atoms with E-state index in [0.717, 1.165) is 0 Å². The maximum Gasteiger partial charge on any atom is 3.00 e. The molecule has 0 aliphatic heterocycles. The van der Waals surface area contributed by atoms with Crippen molar-refractivity contribution in [3.8, 4) is 0 Å². The molecule has 6 heteroatoms. The van der Waals surface area contributed by atoms with Crippen molar-refractivity contribution in [3.63, 3.8) is 0 Å². The number of anilines is 2. The van der Waals surface area contributed by atoms with Crippen LogP contribution in [0.2, 0.25) is 0 Å². The van der Waals surface area contributed by atoms with Gasteiger partial charge in [0.25, 0.3) is 0 Å². The Morgan fingerprint density at radius 2 is 1.67 bits per heavy atom. The van der Waals surface area contributed by atoms with Crippen LogP contribution in [0.3, 0.4) is 0 Å². The minimum absolute atomic E-state index is 0. The molecule has 0 unspecified atom stereocenters. The van der Waals surface area contributed by atoms with Crippen molar-refractivity contribution in [2.45, 2.75) is 0 Å². The zero-order chi connectivity index (χ0) is 10.8. The van der Waals surface area contributed by atoms with E-state index in [9.17, 15) is 4.79 Å². The summed E-state index contributed by atoms with van der Waals surface area (Å²) in [4.78, 5) is 15.8. The predicted octanol–water partition coefficient (Wildman–Crippen LogP) is 2.20. The van der Waals surface area contributed by atoms with Crippen molar-refractivity contribution in [2.24, 2.45) is 0 Å². The van der Waals surface area contributed by atoms with E-state index in [0.29, 0.717) is 22.6 Å². The Morgan fingerprint density at radius 1 is 1.11 bits per heavy atom. The topological polar surface area (TPSA) is 117 Å². The van der Waals surface area contributed by atoms with Crippen LogP contribution in [0.25, 0.3) is 6.15 Å². The fourth-order valence-electron chi connectivity index (χ4n) is 1.39. The predicted molar refractivity (Wildman–Crippen MR) is 70.2 cm³/mol. The fourth-order valence-corrected chi connectivity index (χ4v) is 1.39. The number of carbonyl (C=O) groups is 1. The Hall–Kier alpha value is -1.62. The average Bonchev–Trinajstić information content (AvgIpc) is 2.67. The third kappa shape index (κ3) is 4.00. The second-order valence-electron chi connectivity index (χ2n) is 3.24. The first-order valence-corrected chi connectivity index (χ1v) is 4.45. The molecule has 98 valence electrons. The Morgan fingerprint density at radius 3 is 2.11 bits per heavy atom. The van der Waals surface area contributed by atoms with Gasteiger partial charge in [0.05, 0.1) is 0 Å². The van der Waals surface area contributed by atoms with Gasteiger partial charge in [-0.25, -0.2) is 0 Å². The largest absolute Gasteiger partial charge is 3.00 e. The maximum atomic E-state index is 11.8. The van der Waals surface area contributed by atoms with Crippen LogP contribution in [0.4, 0.5) is 11.4 Å². The molecule has 1 aromatic carbocycles. The third-order valence-corrected chi connectivity index (χ3v) is 2.03. The molecule has 6 N–H and O–H groups in total. The van der Waals surface area contributed by atoms with Gasteiger partial charge in [-0.15, -0.1) is 0 Å². The van der Waals surface area contributed by atoms with E-state index in [4.69, 9.17) is 11.5 Å². The van der Waals surface area contributed by atoms with Crippen molar-refractivity contribution in [1.29, 1.82) is 0 Å². The number of benzene rings is 1. The zero-order valence-electron chi connectivity index (χ0n) is 9.88. The summed E-state index contributed by atoms with van der Waals surface area (Å²) in [5.74, 6) is -0.168. The second-order valence-corrected chi connectivity index (χ2v) is 3.24. The quantitative estimate of drug-likeness (QED) is 0.437. The van der Waals surface area contributed by atoms with Crippen molar-refractivity contribution < 1.29 is 24.9 Å². The summed E-state index contributed by atoms with van der Waals surface area (Å²) in [5, 5.41) is 0. The van der Waals surface area contributed by atoms with Gasteiger partial charge >= 0.3 is 20.1 Å². The second kappa shape index (κ2) is 7.66. The Labute approximate surface area is 120 Å². The molecule has 0 aliphatic carbocycles. The first kappa shape index (κ1) is 18.7. The Balaban J connectivity index is 0. The molecule has 0 fully saturated rings. The van der Waals surface area contributed by atoms with Gasteiger partial charge in [-0.1, -0.05) is 17.8 Å². The molecule has 1 aromatic heterocycles. The molecule has 0 saturated carbocycles. The van der Waals surface area contributed by atoms with E-state index in [1.807, 2.05) is 0 Å². The maximum absolute atomic E-state index is 11.8. The molecule has 0 atom stereocenters. The average molecular weight is 423 g/mol. The molecule has 0 spiro atoms. The molecular weight excluding hydrogens is 408 g/mol. The van der Waals surface area contributed by atoms with Crippen molar-refractivity contribution in [2.75, 3.05) is 11.5 Å². The molecule has 0 saturated heterocycles. The molecule has 2 aromatic rings. The number of hydrogen-bond donors (Lipinski definition) is 2. The fraction of sp³-hybridized carbons (Fsp3) is 0. The van der Waals surface area contributed by atoms with Crippen molar-refractivity contribution in [1.82, 2.24) is 4.98 Å². The Kier molecular flexibility index (Phi) is 7.97. The summed E-state index contributed by atoms with van der Waals surface area (Å²) in [6.45, 7) is 0. The first-order chi connectivity index (χ1) is 7.16. The number of nitrogens with zero attached hydrogens (tertiary/aromatic N) is 1. The molecule has 1 heterocycles. The first-order valence-electron chi connectivity index (χ1n) is 4.45. The number of carbonyl (C=O) groups excluding carboxylic acids is 1. The summed E-state index contributed by atoms with van der Waals surface area (Å²) in [6.07, 6.45) is 1.57. The van der Waals surface area contributed by atoms with Crippen LogP contribution in [-0.2, 0) is 20.1 Å². The third-order valence-electron chi connectivity index (χ3n) is 2.03. The van der Waals surface area contributed by atoms with Crippen LogP contribution in [0.5, 0.6) is 0 Å². The Bertz CT molecular complexity index is 477. The zero-order valence-corrected chi connectivity index (χ0v) is 12.3. The summed E-state index contributed by atoms with van der Waals surface area (Å²) >= 11 is 0. The van der Waals surface area contributed by atoms with E-state index >= 15 is 0 Å². The van der Waals surface area contributed by atoms with Gasteiger partial charge in [-0.2, -0.15) is 6.20 Å². The molecule has 0 bridgehead atoms. The molecule has 0 amide bonds. The smallest absolute Gasteiger partial charge is 0.693 e. The number of nitrogens with two attached hydrogens (primary N) is 3. The van der Waals surface area contributed by atoms with Gasteiger partial charge < -0.3 is 30.0 Å². The van der Waals surface area contributed by atoms with Gasteiger partial charge in [-0.3, -0.25) is 4.79 Å². The van der Waals surface area contributed by atoms with Crippen LogP contribution in [0.1, 0.15) is 16.1 Å². The summed E-state index contributed by atoms with van der Waals surface area (Å²) in [6, 6.07) is 8.15. The van der Waals surface area contributed by atoms with Gasteiger partial charge in [0.15, 0.2) is 5.78 Å². The number of hydrogen-bond acceptors (Lipinski definition) is 3. The van der Waals surface area contributed by atoms with Crippen molar-refractivity contribution in [3.05, 3.63) is 61.4 Å². The van der Waals surface area contributed by atoms with Gasteiger partial charge in [-0.05, 0) is 18.2 Å². The van der Waals surface area contributed by atoms with Gasteiger partial charge in [0.2, 0.25) is 0 Å². The van der Waals surface area contributed by atoms with Gasteiger partial charge in [0, 0.05) is 16.9 Å². The standard InChI is InChI=1S/C11H11N3O.CH3.Ir.H2N/c12-8-4-7(5-9(13)6-8)11(15)10-2-1-3-14-10;;;/h1-6H,12-13H2,(H,14,15);1H3;;1H2/q;-1;+3;-1/p-1. The van der Waals surface area contributed by atoms with E-state index in [-0.39, 0.29) is 39.5 Å². The molecule has 2 rings (SSSR count).